The maximum Gasteiger partial charge on any atom is 0.184 e. The molecule has 0 aliphatic rings. The first-order chi connectivity index (χ1) is 9.17. The Bertz CT molecular complexity index is 548. The Labute approximate surface area is 117 Å². The summed E-state index contributed by atoms with van der Waals surface area (Å²) in [5, 5.41) is 12.4. The van der Waals surface area contributed by atoms with Gasteiger partial charge in [-0.15, -0.1) is 5.10 Å². The van der Waals surface area contributed by atoms with E-state index in [-0.39, 0.29) is 0 Å². The predicted octanol–water partition coefficient (Wildman–Crippen LogP) is 3.01. The van der Waals surface area contributed by atoms with Gasteiger partial charge in [0.05, 0.1) is 10.7 Å². The third-order valence-corrected chi connectivity index (χ3v) is 3.74. The van der Waals surface area contributed by atoms with Crippen LogP contribution in [0, 0.1) is 5.92 Å². The molecule has 102 valence electrons. The van der Waals surface area contributed by atoms with Crippen LogP contribution in [0.5, 0.6) is 0 Å². The maximum absolute atomic E-state index is 6.04. The Morgan fingerprint density at radius 1 is 1.32 bits per heavy atom. The topological polar surface area (TPSA) is 69.6 Å². The summed E-state index contributed by atoms with van der Waals surface area (Å²) in [4.78, 5) is 0. The molecule has 0 atom stereocenters. The van der Waals surface area contributed by atoms with E-state index in [2.05, 4.69) is 29.4 Å². The minimum absolute atomic E-state index is 0.518. The second kappa shape index (κ2) is 6.02. The lowest BCUT2D eigenvalue weighted by Gasteiger charge is -2.13. The minimum Gasteiger partial charge on any atom is -0.397 e. The molecule has 0 saturated heterocycles. The SMILES string of the molecule is CCC(CC)Cn1nnnc1-c1cccc(Cl)c1N. The van der Waals surface area contributed by atoms with Crippen LogP contribution in [0.3, 0.4) is 0 Å². The third-order valence-electron chi connectivity index (χ3n) is 3.41. The molecule has 0 aliphatic heterocycles. The van der Waals surface area contributed by atoms with Crippen LogP contribution in [-0.4, -0.2) is 20.2 Å². The van der Waals surface area contributed by atoms with Crippen LogP contribution < -0.4 is 5.73 Å². The molecule has 0 saturated carbocycles. The molecule has 19 heavy (non-hydrogen) atoms. The van der Waals surface area contributed by atoms with E-state index in [1.807, 2.05) is 12.1 Å². The molecule has 1 heterocycles. The van der Waals surface area contributed by atoms with E-state index in [1.165, 1.54) is 0 Å². The van der Waals surface area contributed by atoms with E-state index in [0.29, 0.717) is 22.5 Å². The zero-order valence-electron chi connectivity index (χ0n) is 11.2. The van der Waals surface area contributed by atoms with E-state index in [0.717, 1.165) is 24.9 Å². The summed E-state index contributed by atoms with van der Waals surface area (Å²) >= 11 is 6.04. The first-order valence-corrected chi connectivity index (χ1v) is 6.85. The van der Waals surface area contributed by atoms with Crippen LogP contribution in [0.15, 0.2) is 18.2 Å². The number of nitrogens with zero attached hydrogens (tertiary/aromatic N) is 4. The number of aromatic nitrogens is 4. The molecule has 2 rings (SSSR count). The van der Waals surface area contributed by atoms with E-state index in [9.17, 15) is 0 Å². The molecule has 2 aromatic rings. The van der Waals surface area contributed by atoms with Gasteiger partial charge in [0.25, 0.3) is 0 Å². The van der Waals surface area contributed by atoms with E-state index in [4.69, 9.17) is 17.3 Å². The van der Waals surface area contributed by atoms with Crippen molar-refractivity contribution in [2.75, 3.05) is 5.73 Å². The molecule has 1 aromatic heterocycles. The Kier molecular flexibility index (Phi) is 4.37. The summed E-state index contributed by atoms with van der Waals surface area (Å²) in [6.45, 7) is 5.14. The number of hydrogen-bond acceptors (Lipinski definition) is 4. The molecule has 5 nitrogen and oxygen atoms in total. The van der Waals surface area contributed by atoms with Crippen LogP contribution in [0.1, 0.15) is 26.7 Å². The number of hydrogen-bond donors (Lipinski definition) is 1. The molecule has 0 fully saturated rings. The number of anilines is 1. The molecule has 0 amide bonds. The molecule has 1 aromatic carbocycles. The zero-order chi connectivity index (χ0) is 13.8. The van der Waals surface area contributed by atoms with Gasteiger partial charge in [0.1, 0.15) is 0 Å². The first-order valence-electron chi connectivity index (χ1n) is 6.47. The number of nitrogen functional groups attached to an aromatic ring is 1. The van der Waals surface area contributed by atoms with Gasteiger partial charge in [-0.3, -0.25) is 0 Å². The van der Waals surface area contributed by atoms with Crippen molar-refractivity contribution in [2.45, 2.75) is 33.2 Å². The molecule has 0 bridgehead atoms. The highest BCUT2D eigenvalue weighted by Crippen LogP contribution is 2.30. The zero-order valence-corrected chi connectivity index (χ0v) is 11.9. The van der Waals surface area contributed by atoms with Crippen molar-refractivity contribution in [1.29, 1.82) is 0 Å². The lowest BCUT2D eigenvalue weighted by atomic mass is 10.0. The average molecular weight is 280 g/mol. The van der Waals surface area contributed by atoms with E-state index in [1.54, 1.807) is 10.7 Å². The summed E-state index contributed by atoms with van der Waals surface area (Å²) in [5.74, 6) is 1.23. The van der Waals surface area contributed by atoms with Gasteiger partial charge in [0.15, 0.2) is 5.82 Å². The number of tetrazole rings is 1. The lowest BCUT2D eigenvalue weighted by molar-refractivity contribution is 0.393. The quantitative estimate of drug-likeness (QED) is 0.854. The monoisotopic (exact) mass is 279 g/mol. The summed E-state index contributed by atoms with van der Waals surface area (Å²) in [7, 11) is 0. The smallest absolute Gasteiger partial charge is 0.184 e. The molecular formula is C13H18ClN5. The minimum atomic E-state index is 0.518. The molecule has 0 spiro atoms. The number of benzene rings is 1. The third kappa shape index (κ3) is 2.87. The normalized spacial score (nSPS) is 11.2. The summed E-state index contributed by atoms with van der Waals surface area (Å²) < 4.78 is 1.81. The highest BCUT2D eigenvalue weighted by molar-refractivity contribution is 6.33. The summed E-state index contributed by atoms with van der Waals surface area (Å²) in [6, 6.07) is 5.50. The van der Waals surface area contributed by atoms with E-state index < -0.39 is 0 Å². The maximum atomic E-state index is 6.04. The van der Waals surface area contributed by atoms with E-state index >= 15 is 0 Å². The van der Waals surface area contributed by atoms with Crippen LogP contribution in [0.4, 0.5) is 5.69 Å². The number of halogens is 1. The van der Waals surface area contributed by atoms with Gasteiger partial charge in [-0.05, 0) is 28.5 Å². The second-order valence-electron chi connectivity index (χ2n) is 4.57. The Balaban J connectivity index is 2.36. The van der Waals surface area contributed by atoms with Gasteiger partial charge in [-0.2, -0.15) is 0 Å². The van der Waals surface area contributed by atoms with Gasteiger partial charge in [-0.1, -0.05) is 44.4 Å². The van der Waals surface area contributed by atoms with Crippen molar-refractivity contribution < 1.29 is 0 Å². The van der Waals surface area contributed by atoms with Crippen LogP contribution in [0.2, 0.25) is 5.02 Å². The molecule has 6 heteroatoms. The highest BCUT2D eigenvalue weighted by atomic mass is 35.5. The Morgan fingerprint density at radius 3 is 2.74 bits per heavy atom. The van der Waals surface area contributed by atoms with Crippen molar-refractivity contribution in [3.05, 3.63) is 23.2 Å². The predicted molar refractivity (Wildman–Crippen MR) is 76.7 cm³/mol. The van der Waals surface area contributed by atoms with Crippen molar-refractivity contribution >= 4 is 17.3 Å². The summed E-state index contributed by atoms with van der Waals surface area (Å²) in [6.07, 6.45) is 2.20. The lowest BCUT2D eigenvalue weighted by Crippen LogP contribution is -2.12. The largest absolute Gasteiger partial charge is 0.397 e. The molecule has 0 radical (unpaired) electrons. The van der Waals surface area contributed by atoms with Crippen LogP contribution in [-0.2, 0) is 6.54 Å². The fourth-order valence-corrected chi connectivity index (χ4v) is 2.22. The van der Waals surface area contributed by atoms with Gasteiger partial charge in [0, 0.05) is 12.1 Å². The van der Waals surface area contributed by atoms with Crippen LogP contribution in [0.25, 0.3) is 11.4 Å². The fourth-order valence-electron chi connectivity index (χ4n) is 2.04. The van der Waals surface area contributed by atoms with Crippen molar-refractivity contribution in [1.82, 2.24) is 20.2 Å². The van der Waals surface area contributed by atoms with Gasteiger partial charge in [0.2, 0.25) is 0 Å². The Hall–Kier alpha value is -1.62. The first kappa shape index (κ1) is 13.8. The fraction of sp³-hybridized carbons (Fsp3) is 0.462. The van der Waals surface area contributed by atoms with Crippen LogP contribution >= 0.6 is 11.6 Å². The highest BCUT2D eigenvalue weighted by Gasteiger charge is 2.15. The number of nitrogens with two attached hydrogens (primary N) is 1. The summed E-state index contributed by atoms with van der Waals surface area (Å²) in [5.41, 5.74) is 7.30. The molecule has 0 aliphatic carbocycles. The van der Waals surface area contributed by atoms with Crippen molar-refractivity contribution in [2.24, 2.45) is 5.92 Å². The second-order valence-corrected chi connectivity index (χ2v) is 4.98. The van der Waals surface area contributed by atoms with Gasteiger partial charge in [-0.25, -0.2) is 4.68 Å². The Morgan fingerprint density at radius 2 is 2.05 bits per heavy atom. The number of para-hydroxylation sites is 1. The average Bonchev–Trinajstić information content (AvgIpc) is 2.87. The van der Waals surface area contributed by atoms with Gasteiger partial charge >= 0.3 is 0 Å². The molecule has 2 N–H and O–H groups in total. The van der Waals surface area contributed by atoms with Crippen molar-refractivity contribution in [3.8, 4) is 11.4 Å². The molecule has 0 unspecified atom stereocenters. The number of rotatable bonds is 5. The van der Waals surface area contributed by atoms with Gasteiger partial charge < -0.3 is 5.73 Å². The van der Waals surface area contributed by atoms with Crippen molar-refractivity contribution in [3.63, 3.8) is 0 Å². The standard InChI is InChI=1S/C13H18ClN5/c1-3-9(4-2)8-19-13(16-17-18-19)10-6-5-7-11(14)12(10)15/h5-7,9H,3-4,8,15H2,1-2H3. The molecular weight excluding hydrogens is 262 g/mol.